The number of carbonyl (C=O) groups excluding carboxylic acids is 1. The summed E-state index contributed by atoms with van der Waals surface area (Å²) in [7, 11) is 1.61. The highest BCUT2D eigenvalue weighted by Gasteiger charge is 2.31. The minimum atomic E-state index is -0.166. The van der Waals surface area contributed by atoms with Crippen molar-refractivity contribution in [1.29, 1.82) is 0 Å². The molecule has 1 aliphatic rings. The number of piperidine rings is 1. The third-order valence-electron chi connectivity index (χ3n) is 3.19. The zero-order valence-corrected chi connectivity index (χ0v) is 9.79. The van der Waals surface area contributed by atoms with Crippen LogP contribution in [0.2, 0.25) is 0 Å². The fourth-order valence-electron chi connectivity index (χ4n) is 2.01. The molecule has 1 unspecified atom stereocenters. The molecule has 88 valence electrons. The van der Waals surface area contributed by atoms with Crippen LogP contribution in [0.15, 0.2) is 0 Å². The Labute approximate surface area is 91.8 Å². The van der Waals surface area contributed by atoms with Crippen molar-refractivity contribution in [3.8, 4) is 0 Å². The Hall–Kier alpha value is -0.610. The molecule has 0 aromatic rings. The third-order valence-corrected chi connectivity index (χ3v) is 3.19. The molecule has 0 aliphatic carbocycles. The summed E-state index contributed by atoms with van der Waals surface area (Å²) < 4.78 is 4.90. The number of hydrogen-bond acceptors (Lipinski definition) is 3. The van der Waals surface area contributed by atoms with E-state index in [1.807, 2.05) is 4.90 Å². The minimum Gasteiger partial charge on any atom is -0.384 e. The molecule has 1 heterocycles. The average molecular weight is 214 g/mol. The van der Waals surface area contributed by atoms with E-state index in [1.165, 1.54) is 0 Å². The molecule has 0 aromatic heterocycles. The van der Waals surface area contributed by atoms with Crippen molar-refractivity contribution in [2.24, 2.45) is 5.73 Å². The standard InChI is InChI=1S/C11H22N2O2/c1-3-11(12)6-4-7-13(9-11)10(14)5-8-15-2/h3-9,12H2,1-2H3. The van der Waals surface area contributed by atoms with Gasteiger partial charge in [0.25, 0.3) is 0 Å². The van der Waals surface area contributed by atoms with Gasteiger partial charge in [-0.1, -0.05) is 6.92 Å². The summed E-state index contributed by atoms with van der Waals surface area (Å²) in [6.45, 7) is 4.13. The lowest BCUT2D eigenvalue weighted by molar-refractivity contribution is -0.134. The van der Waals surface area contributed by atoms with Crippen LogP contribution in [0.5, 0.6) is 0 Å². The summed E-state index contributed by atoms with van der Waals surface area (Å²) in [6, 6.07) is 0. The van der Waals surface area contributed by atoms with Crippen molar-refractivity contribution in [3.63, 3.8) is 0 Å². The van der Waals surface area contributed by atoms with Crippen molar-refractivity contribution in [2.45, 2.75) is 38.1 Å². The van der Waals surface area contributed by atoms with Crippen LogP contribution in [-0.4, -0.2) is 43.2 Å². The second-order valence-corrected chi connectivity index (χ2v) is 4.38. The molecular formula is C11H22N2O2. The zero-order chi connectivity index (χ0) is 11.3. The number of amides is 1. The first-order chi connectivity index (χ1) is 7.11. The fourth-order valence-corrected chi connectivity index (χ4v) is 2.01. The number of ether oxygens (including phenoxy) is 1. The van der Waals surface area contributed by atoms with Crippen LogP contribution in [-0.2, 0) is 9.53 Å². The second-order valence-electron chi connectivity index (χ2n) is 4.38. The van der Waals surface area contributed by atoms with Gasteiger partial charge in [0.1, 0.15) is 0 Å². The average Bonchev–Trinajstić information content (AvgIpc) is 2.26. The molecule has 4 heteroatoms. The molecule has 1 fully saturated rings. The molecule has 1 rings (SSSR count). The normalized spacial score (nSPS) is 26.7. The molecule has 0 spiro atoms. The second kappa shape index (κ2) is 5.47. The Morgan fingerprint density at radius 1 is 1.60 bits per heavy atom. The van der Waals surface area contributed by atoms with Crippen molar-refractivity contribution in [1.82, 2.24) is 4.90 Å². The topological polar surface area (TPSA) is 55.6 Å². The van der Waals surface area contributed by atoms with Crippen LogP contribution in [0.4, 0.5) is 0 Å². The van der Waals surface area contributed by atoms with Gasteiger partial charge in [-0.3, -0.25) is 4.79 Å². The molecule has 1 amide bonds. The number of likely N-dealkylation sites (tertiary alicyclic amines) is 1. The highest BCUT2D eigenvalue weighted by molar-refractivity contribution is 5.76. The van der Waals surface area contributed by atoms with Crippen LogP contribution < -0.4 is 5.73 Å². The first-order valence-corrected chi connectivity index (χ1v) is 5.67. The van der Waals surface area contributed by atoms with E-state index in [0.717, 1.165) is 25.8 Å². The van der Waals surface area contributed by atoms with E-state index in [0.29, 0.717) is 19.6 Å². The molecule has 4 nitrogen and oxygen atoms in total. The molecular weight excluding hydrogens is 192 g/mol. The van der Waals surface area contributed by atoms with Crippen molar-refractivity contribution >= 4 is 5.91 Å². The molecule has 0 aromatic carbocycles. The maximum atomic E-state index is 11.8. The van der Waals surface area contributed by atoms with Gasteiger partial charge < -0.3 is 15.4 Å². The Morgan fingerprint density at radius 2 is 2.33 bits per heavy atom. The van der Waals surface area contributed by atoms with E-state index >= 15 is 0 Å². The smallest absolute Gasteiger partial charge is 0.224 e. The first-order valence-electron chi connectivity index (χ1n) is 5.67. The number of carbonyl (C=O) groups is 1. The van der Waals surface area contributed by atoms with Gasteiger partial charge in [-0.2, -0.15) is 0 Å². The van der Waals surface area contributed by atoms with Gasteiger partial charge in [0.2, 0.25) is 5.91 Å². The van der Waals surface area contributed by atoms with Gasteiger partial charge >= 0.3 is 0 Å². The quantitative estimate of drug-likeness (QED) is 0.751. The maximum Gasteiger partial charge on any atom is 0.224 e. The van der Waals surface area contributed by atoms with E-state index in [4.69, 9.17) is 10.5 Å². The Morgan fingerprint density at radius 3 is 2.93 bits per heavy atom. The summed E-state index contributed by atoms with van der Waals surface area (Å²) in [5.41, 5.74) is 6.02. The Balaban J connectivity index is 2.45. The first kappa shape index (κ1) is 12.5. The van der Waals surface area contributed by atoms with Gasteiger partial charge in [-0.25, -0.2) is 0 Å². The van der Waals surface area contributed by atoms with Crippen LogP contribution in [0.3, 0.4) is 0 Å². The van der Waals surface area contributed by atoms with Crippen LogP contribution in [0.1, 0.15) is 32.6 Å². The summed E-state index contributed by atoms with van der Waals surface area (Å²) in [5.74, 6) is 0.167. The van der Waals surface area contributed by atoms with E-state index < -0.39 is 0 Å². The van der Waals surface area contributed by atoms with Crippen LogP contribution >= 0.6 is 0 Å². The van der Waals surface area contributed by atoms with Gasteiger partial charge in [0.05, 0.1) is 13.0 Å². The van der Waals surface area contributed by atoms with Crippen LogP contribution in [0, 0.1) is 0 Å². The monoisotopic (exact) mass is 214 g/mol. The Bertz CT molecular complexity index is 221. The summed E-state index contributed by atoms with van der Waals surface area (Å²) in [4.78, 5) is 13.6. The molecule has 0 radical (unpaired) electrons. The number of nitrogens with zero attached hydrogens (tertiary/aromatic N) is 1. The zero-order valence-electron chi connectivity index (χ0n) is 9.79. The van der Waals surface area contributed by atoms with Crippen molar-refractivity contribution < 1.29 is 9.53 Å². The lowest BCUT2D eigenvalue weighted by atomic mass is 9.87. The molecule has 1 atom stereocenters. The fraction of sp³-hybridized carbons (Fsp3) is 0.909. The molecule has 1 saturated heterocycles. The van der Waals surface area contributed by atoms with Crippen molar-refractivity contribution in [2.75, 3.05) is 26.8 Å². The lowest BCUT2D eigenvalue weighted by Gasteiger charge is -2.39. The molecule has 1 aliphatic heterocycles. The molecule has 0 bridgehead atoms. The van der Waals surface area contributed by atoms with Crippen molar-refractivity contribution in [3.05, 3.63) is 0 Å². The molecule has 0 saturated carbocycles. The lowest BCUT2D eigenvalue weighted by Crippen LogP contribution is -2.55. The highest BCUT2D eigenvalue weighted by atomic mass is 16.5. The van der Waals surface area contributed by atoms with Gasteiger partial charge in [-0.15, -0.1) is 0 Å². The molecule has 2 N–H and O–H groups in total. The van der Waals surface area contributed by atoms with Gasteiger partial charge in [0, 0.05) is 25.7 Å². The molecule has 15 heavy (non-hydrogen) atoms. The predicted molar refractivity (Wildman–Crippen MR) is 59.5 cm³/mol. The number of methoxy groups -OCH3 is 1. The minimum absolute atomic E-state index is 0.166. The summed E-state index contributed by atoms with van der Waals surface area (Å²) in [5, 5.41) is 0. The van der Waals surface area contributed by atoms with E-state index in [9.17, 15) is 4.79 Å². The van der Waals surface area contributed by atoms with Crippen LogP contribution in [0.25, 0.3) is 0 Å². The van der Waals surface area contributed by atoms with Gasteiger partial charge in [-0.05, 0) is 19.3 Å². The summed E-state index contributed by atoms with van der Waals surface area (Å²) in [6.07, 6.45) is 3.44. The highest BCUT2D eigenvalue weighted by Crippen LogP contribution is 2.22. The largest absolute Gasteiger partial charge is 0.384 e. The van der Waals surface area contributed by atoms with E-state index in [-0.39, 0.29) is 11.4 Å². The Kier molecular flexibility index (Phi) is 4.54. The summed E-state index contributed by atoms with van der Waals surface area (Å²) >= 11 is 0. The number of nitrogens with two attached hydrogens (primary N) is 1. The number of rotatable bonds is 4. The SMILES string of the molecule is CCC1(N)CCCN(C(=O)CCOC)C1. The predicted octanol–water partition coefficient (Wildman–Crippen LogP) is 0.753. The van der Waals surface area contributed by atoms with Gasteiger partial charge in [0.15, 0.2) is 0 Å². The third kappa shape index (κ3) is 3.47. The van der Waals surface area contributed by atoms with E-state index in [1.54, 1.807) is 7.11 Å². The number of hydrogen-bond donors (Lipinski definition) is 1. The maximum absolute atomic E-state index is 11.8. The van der Waals surface area contributed by atoms with E-state index in [2.05, 4.69) is 6.92 Å².